The number of fused-ring (bicyclic) bond motifs is 4. The lowest BCUT2D eigenvalue weighted by Crippen LogP contribution is -2.32. The molecule has 1 amide bonds. The maximum absolute atomic E-state index is 13.2. The second-order valence-electron chi connectivity index (χ2n) is 7.41. The van der Waals surface area contributed by atoms with Crippen molar-refractivity contribution in [3.05, 3.63) is 52.8 Å². The van der Waals surface area contributed by atoms with Gasteiger partial charge in [0.25, 0.3) is 5.91 Å². The van der Waals surface area contributed by atoms with Crippen LogP contribution in [0.4, 0.5) is 5.82 Å². The fourth-order valence-corrected chi connectivity index (χ4v) is 4.06. The van der Waals surface area contributed by atoms with E-state index >= 15 is 0 Å². The molecule has 5 rings (SSSR count). The van der Waals surface area contributed by atoms with Gasteiger partial charge in [0, 0.05) is 29.6 Å². The van der Waals surface area contributed by atoms with E-state index in [0.717, 1.165) is 33.6 Å². The van der Waals surface area contributed by atoms with E-state index in [4.69, 9.17) is 19.9 Å². The molecule has 30 heavy (non-hydrogen) atoms. The number of pyridine rings is 2. The Kier molecular flexibility index (Phi) is 4.43. The number of aromatic nitrogens is 2. The van der Waals surface area contributed by atoms with Gasteiger partial charge in [0.05, 0.1) is 37.6 Å². The van der Waals surface area contributed by atoms with Gasteiger partial charge in [-0.1, -0.05) is 0 Å². The molecule has 1 atom stereocenters. The molecule has 3 aromatic rings. The number of amides is 1. The third-order valence-corrected chi connectivity index (χ3v) is 5.67. The van der Waals surface area contributed by atoms with Crippen LogP contribution in [-0.2, 0) is 18.0 Å². The van der Waals surface area contributed by atoms with Crippen LogP contribution in [0.1, 0.15) is 40.1 Å². The monoisotopic (exact) mass is 406 g/mol. The van der Waals surface area contributed by atoms with Crippen molar-refractivity contribution >= 4 is 22.6 Å². The van der Waals surface area contributed by atoms with Crippen LogP contribution >= 0.6 is 0 Å². The first kappa shape index (κ1) is 18.6. The van der Waals surface area contributed by atoms with Crippen molar-refractivity contribution in [2.45, 2.75) is 26.2 Å². The van der Waals surface area contributed by atoms with Crippen LogP contribution in [-0.4, -0.2) is 41.0 Å². The normalized spacial score (nSPS) is 16.8. The standard InChI is InChI=1S/C22H22N4O4/c1-3-29-12-4-5-13-19(11-30-20(13)6-12)26(2)22(27)17-7-14-15-9-28-10-16(15)21(23)25-18(14)8-24-17/h4-8,19H,3,9-11H2,1-2H3,(H2,23,25)/t19-/m1/s1. The van der Waals surface area contributed by atoms with E-state index in [1.54, 1.807) is 24.2 Å². The molecule has 2 aromatic heterocycles. The number of hydrogen-bond donors (Lipinski definition) is 1. The highest BCUT2D eigenvalue weighted by atomic mass is 16.5. The Labute approximate surface area is 173 Å². The van der Waals surface area contributed by atoms with Crippen LogP contribution in [0.15, 0.2) is 30.5 Å². The number of nitrogens with zero attached hydrogens (tertiary/aromatic N) is 3. The smallest absolute Gasteiger partial charge is 0.272 e. The number of benzene rings is 1. The number of carbonyl (C=O) groups excluding carboxylic acids is 1. The van der Waals surface area contributed by atoms with Crippen molar-refractivity contribution in [3.8, 4) is 11.5 Å². The van der Waals surface area contributed by atoms with E-state index in [1.807, 2.05) is 25.1 Å². The number of anilines is 1. The largest absolute Gasteiger partial charge is 0.494 e. The SMILES string of the molecule is CCOc1ccc2c(c1)OC[C@H]2N(C)C(=O)c1cc2c3c(c(N)nc2cn1)COC3. The van der Waals surface area contributed by atoms with Crippen molar-refractivity contribution in [1.29, 1.82) is 0 Å². The third-order valence-electron chi connectivity index (χ3n) is 5.67. The van der Waals surface area contributed by atoms with E-state index in [-0.39, 0.29) is 11.9 Å². The van der Waals surface area contributed by atoms with Crippen LogP contribution in [0.3, 0.4) is 0 Å². The Hall–Kier alpha value is -3.39. The van der Waals surface area contributed by atoms with Gasteiger partial charge in [0.2, 0.25) is 0 Å². The molecule has 154 valence electrons. The lowest BCUT2D eigenvalue weighted by molar-refractivity contribution is 0.0703. The van der Waals surface area contributed by atoms with E-state index in [2.05, 4.69) is 9.97 Å². The van der Waals surface area contributed by atoms with E-state index in [9.17, 15) is 4.79 Å². The second kappa shape index (κ2) is 7.14. The summed E-state index contributed by atoms with van der Waals surface area (Å²) in [7, 11) is 1.77. The van der Waals surface area contributed by atoms with Crippen molar-refractivity contribution in [2.24, 2.45) is 0 Å². The molecule has 0 bridgehead atoms. The molecule has 0 saturated heterocycles. The molecule has 1 aromatic carbocycles. The molecule has 0 fully saturated rings. The Morgan fingerprint density at radius 2 is 2.13 bits per heavy atom. The van der Waals surface area contributed by atoms with Crippen molar-refractivity contribution < 1.29 is 19.0 Å². The van der Waals surface area contributed by atoms with Gasteiger partial charge in [-0.25, -0.2) is 9.97 Å². The fourth-order valence-electron chi connectivity index (χ4n) is 4.06. The summed E-state index contributed by atoms with van der Waals surface area (Å²) in [4.78, 5) is 23.6. The minimum atomic E-state index is -0.195. The molecule has 0 unspecified atom stereocenters. The molecule has 0 radical (unpaired) electrons. The Morgan fingerprint density at radius 1 is 1.30 bits per heavy atom. The van der Waals surface area contributed by atoms with Gasteiger partial charge in [0.1, 0.15) is 29.6 Å². The number of rotatable bonds is 4. The Bertz CT molecular complexity index is 1160. The summed E-state index contributed by atoms with van der Waals surface area (Å²) in [6.45, 7) is 3.81. The summed E-state index contributed by atoms with van der Waals surface area (Å²) < 4.78 is 16.9. The van der Waals surface area contributed by atoms with Crippen molar-refractivity contribution in [3.63, 3.8) is 0 Å². The van der Waals surface area contributed by atoms with Gasteiger partial charge in [0.15, 0.2) is 0 Å². The molecule has 0 spiro atoms. The maximum Gasteiger partial charge on any atom is 0.272 e. The summed E-state index contributed by atoms with van der Waals surface area (Å²) in [5, 5.41) is 0.855. The molecule has 0 aliphatic carbocycles. The summed E-state index contributed by atoms with van der Waals surface area (Å²) in [6, 6.07) is 7.30. The highest BCUT2D eigenvalue weighted by molar-refractivity contribution is 5.97. The lowest BCUT2D eigenvalue weighted by Gasteiger charge is -2.23. The number of carbonyl (C=O) groups is 1. The number of likely N-dealkylation sites (N-methyl/N-ethyl adjacent to an activating group) is 1. The molecular formula is C22H22N4O4. The van der Waals surface area contributed by atoms with Crippen LogP contribution in [0.25, 0.3) is 10.9 Å². The zero-order valence-corrected chi connectivity index (χ0v) is 16.8. The highest BCUT2D eigenvalue weighted by Crippen LogP contribution is 2.38. The zero-order valence-electron chi connectivity index (χ0n) is 16.8. The van der Waals surface area contributed by atoms with Gasteiger partial charge in [-0.15, -0.1) is 0 Å². The molecule has 8 heteroatoms. The minimum Gasteiger partial charge on any atom is -0.494 e. The predicted octanol–water partition coefficient (Wildman–Crippen LogP) is 2.85. The minimum absolute atomic E-state index is 0.184. The molecule has 2 aliphatic heterocycles. The van der Waals surface area contributed by atoms with Crippen LogP contribution in [0.2, 0.25) is 0 Å². The maximum atomic E-state index is 13.2. The third kappa shape index (κ3) is 2.91. The number of hydrogen-bond acceptors (Lipinski definition) is 7. The van der Waals surface area contributed by atoms with E-state index in [1.165, 1.54) is 0 Å². The molecule has 4 heterocycles. The topological polar surface area (TPSA) is 99.8 Å². The quantitative estimate of drug-likeness (QED) is 0.711. The average molecular weight is 406 g/mol. The van der Waals surface area contributed by atoms with Crippen molar-refractivity contribution in [1.82, 2.24) is 14.9 Å². The van der Waals surface area contributed by atoms with Crippen LogP contribution < -0.4 is 15.2 Å². The first-order valence-corrected chi connectivity index (χ1v) is 9.88. The second-order valence-corrected chi connectivity index (χ2v) is 7.41. The number of ether oxygens (including phenoxy) is 3. The summed E-state index contributed by atoms with van der Waals surface area (Å²) in [6.07, 6.45) is 1.60. The predicted molar refractivity (Wildman–Crippen MR) is 110 cm³/mol. The number of nitrogen functional groups attached to an aromatic ring is 1. The van der Waals surface area contributed by atoms with Gasteiger partial charge in [-0.3, -0.25) is 4.79 Å². The first-order chi connectivity index (χ1) is 14.6. The molecule has 0 saturated carbocycles. The Morgan fingerprint density at radius 3 is 2.97 bits per heavy atom. The zero-order chi connectivity index (χ0) is 20.8. The summed E-state index contributed by atoms with van der Waals surface area (Å²) >= 11 is 0. The number of nitrogens with two attached hydrogens (primary N) is 1. The molecular weight excluding hydrogens is 384 g/mol. The fraction of sp³-hybridized carbons (Fsp3) is 0.318. The Balaban J connectivity index is 1.46. The van der Waals surface area contributed by atoms with Gasteiger partial charge >= 0.3 is 0 Å². The lowest BCUT2D eigenvalue weighted by atomic mass is 10.0. The van der Waals surface area contributed by atoms with E-state index in [0.29, 0.717) is 43.5 Å². The summed E-state index contributed by atoms with van der Waals surface area (Å²) in [5.74, 6) is 1.77. The molecule has 2 N–H and O–H groups in total. The highest BCUT2D eigenvalue weighted by Gasteiger charge is 2.32. The van der Waals surface area contributed by atoms with Crippen molar-refractivity contribution in [2.75, 3.05) is 26.0 Å². The van der Waals surface area contributed by atoms with Crippen LogP contribution in [0, 0.1) is 0 Å². The van der Waals surface area contributed by atoms with Crippen LogP contribution in [0.5, 0.6) is 11.5 Å². The van der Waals surface area contributed by atoms with Gasteiger partial charge in [-0.2, -0.15) is 0 Å². The average Bonchev–Trinajstić information content (AvgIpc) is 3.40. The van der Waals surface area contributed by atoms with Gasteiger partial charge in [-0.05, 0) is 30.7 Å². The van der Waals surface area contributed by atoms with E-state index < -0.39 is 0 Å². The van der Waals surface area contributed by atoms with Gasteiger partial charge < -0.3 is 24.8 Å². The molecule has 2 aliphatic rings. The summed E-state index contributed by atoms with van der Waals surface area (Å²) in [5.41, 5.74) is 9.87. The first-order valence-electron chi connectivity index (χ1n) is 9.88. The molecule has 8 nitrogen and oxygen atoms in total.